The van der Waals surface area contributed by atoms with Crippen molar-refractivity contribution in [2.45, 2.75) is 13.3 Å². The molecule has 0 saturated heterocycles. The summed E-state index contributed by atoms with van der Waals surface area (Å²) in [5, 5.41) is 8.54. The van der Waals surface area contributed by atoms with Crippen LogP contribution in [0, 0.1) is 17.1 Å². The quantitative estimate of drug-likeness (QED) is 0.764. The largest absolute Gasteiger partial charge is 0.462 e. The first kappa shape index (κ1) is 13.0. The van der Waals surface area contributed by atoms with E-state index in [1.54, 1.807) is 0 Å². The van der Waals surface area contributed by atoms with Crippen LogP contribution >= 0.6 is 0 Å². The second-order valence-corrected chi connectivity index (χ2v) is 2.89. The Morgan fingerprint density at radius 3 is 2.76 bits per heavy atom. The lowest BCUT2D eigenvalue weighted by molar-refractivity contribution is 0.0519. The summed E-state index contributed by atoms with van der Waals surface area (Å²) in [7, 11) is 0. The number of carbonyl (C=O) groups is 1. The SMILES string of the molecule is CCOC(=O)c1cc(C#N)nc(C(F)F)c1F. The summed E-state index contributed by atoms with van der Waals surface area (Å²) in [5.41, 5.74) is -2.41. The fourth-order valence-corrected chi connectivity index (χ4v) is 1.11. The number of hydrogen-bond acceptors (Lipinski definition) is 4. The van der Waals surface area contributed by atoms with Crippen LogP contribution in [0.3, 0.4) is 0 Å². The number of esters is 1. The zero-order chi connectivity index (χ0) is 13.0. The third-order valence-corrected chi connectivity index (χ3v) is 1.80. The minimum atomic E-state index is -3.21. The predicted molar refractivity (Wildman–Crippen MR) is 49.8 cm³/mol. The predicted octanol–water partition coefficient (Wildman–Crippen LogP) is 2.21. The van der Waals surface area contributed by atoms with Gasteiger partial charge in [0.05, 0.1) is 6.61 Å². The Bertz CT molecular complexity index is 483. The smallest absolute Gasteiger partial charge is 0.341 e. The monoisotopic (exact) mass is 244 g/mol. The third kappa shape index (κ3) is 2.72. The highest BCUT2D eigenvalue weighted by Crippen LogP contribution is 2.23. The summed E-state index contributed by atoms with van der Waals surface area (Å²) in [6.07, 6.45) is -3.21. The molecule has 0 N–H and O–H groups in total. The second-order valence-electron chi connectivity index (χ2n) is 2.89. The van der Waals surface area contributed by atoms with Gasteiger partial charge in [-0.2, -0.15) is 5.26 Å². The van der Waals surface area contributed by atoms with Crippen LogP contribution in [0.2, 0.25) is 0 Å². The molecule has 0 saturated carbocycles. The molecule has 0 amide bonds. The molecule has 0 bridgehead atoms. The summed E-state index contributed by atoms with van der Waals surface area (Å²) >= 11 is 0. The van der Waals surface area contributed by atoms with Crippen LogP contribution in [0.15, 0.2) is 6.07 Å². The number of nitriles is 1. The van der Waals surface area contributed by atoms with E-state index in [2.05, 4.69) is 9.72 Å². The van der Waals surface area contributed by atoms with Crippen LogP contribution in [-0.4, -0.2) is 17.6 Å². The first-order valence-corrected chi connectivity index (χ1v) is 4.57. The van der Waals surface area contributed by atoms with E-state index in [1.807, 2.05) is 0 Å². The Balaban J connectivity index is 3.35. The summed E-state index contributed by atoms with van der Waals surface area (Å²) in [6.45, 7) is 1.45. The molecule has 0 fully saturated rings. The third-order valence-electron chi connectivity index (χ3n) is 1.80. The Morgan fingerprint density at radius 2 is 2.29 bits per heavy atom. The molecule has 1 aromatic heterocycles. The normalized spacial score (nSPS) is 10.1. The van der Waals surface area contributed by atoms with E-state index in [0.29, 0.717) is 0 Å². The number of pyridine rings is 1. The van der Waals surface area contributed by atoms with Gasteiger partial charge in [0.15, 0.2) is 5.82 Å². The molecule has 1 rings (SSSR count). The van der Waals surface area contributed by atoms with Crippen molar-refractivity contribution < 1.29 is 22.7 Å². The number of nitrogens with zero attached hydrogens (tertiary/aromatic N) is 2. The molecule has 0 aromatic carbocycles. The highest BCUT2D eigenvalue weighted by atomic mass is 19.3. The van der Waals surface area contributed by atoms with Gasteiger partial charge in [-0.1, -0.05) is 0 Å². The van der Waals surface area contributed by atoms with Gasteiger partial charge in [0.25, 0.3) is 6.43 Å². The topological polar surface area (TPSA) is 63.0 Å². The van der Waals surface area contributed by atoms with Crippen LogP contribution in [0.5, 0.6) is 0 Å². The molecule has 0 aliphatic carbocycles. The van der Waals surface area contributed by atoms with Crippen molar-refractivity contribution in [2.75, 3.05) is 6.61 Å². The summed E-state index contributed by atoms with van der Waals surface area (Å²) in [5.74, 6) is -2.57. The van der Waals surface area contributed by atoms with Crippen molar-refractivity contribution >= 4 is 5.97 Å². The van der Waals surface area contributed by atoms with Crippen molar-refractivity contribution in [1.29, 1.82) is 5.26 Å². The van der Waals surface area contributed by atoms with Gasteiger partial charge in [0.2, 0.25) is 0 Å². The van der Waals surface area contributed by atoms with Crippen LogP contribution in [-0.2, 0) is 4.74 Å². The highest BCUT2D eigenvalue weighted by Gasteiger charge is 2.24. The van der Waals surface area contributed by atoms with Crippen molar-refractivity contribution in [3.8, 4) is 6.07 Å². The zero-order valence-corrected chi connectivity index (χ0v) is 8.71. The molecule has 4 nitrogen and oxygen atoms in total. The van der Waals surface area contributed by atoms with E-state index in [9.17, 15) is 18.0 Å². The molecular formula is C10H7F3N2O2. The molecule has 0 aliphatic rings. The molecule has 0 unspecified atom stereocenters. The Labute approximate surface area is 94.6 Å². The zero-order valence-electron chi connectivity index (χ0n) is 8.71. The summed E-state index contributed by atoms with van der Waals surface area (Å²) < 4.78 is 42.8. The first-order valence-electron chi connectivity index (χ1n) is 4.57. The van der Waals surface area contributed by atoms with E-state index in [0.717, 1.165) is 6.07 Å². The van der Waals surface area contributed by atoms with Gasteiger partial charge in [-0.15, -0.1) is 0 Å². The Kier molecular flexibility index (Phi) is 4.04. The van der Waals surface area contributed by atoms with Gasteiger partial charge < -0.3 is 4.74 Å². The van der Waals surface area contributed by atoms with Crippen LogP contribution in [0.4, 0.5) is 13.2 Å². The van der Waals surface area contributed by atoms with E-state index >= 15 is 0 Å². The molecule has 1 heterocycles. The number of hydrogen-bond donors (Lipinski definition) is 0. The molecule has 0 spiro atoms. The van der Waals surface area contributed by atoms with Crippen molar-refractivity contribution in [2.24, 2.45) is 0 Å². The molecule has 0 aliphatic heterocycles. The van der Waals surface area contributed by atoms with Gasteiger partial charge in [0.1, 0.15) is 23.0 Å². The Hall–Kier alpha value is -2.10. The van der Waals surface area contributed by atoms with Crippen LogP contribution in [0.1, 0.15) is 35.1 Å². The number of ether oxygens (including phenoxy) is 1. The molecule has 1 aromatic rings. The number of aromatic nitrogens is 1. The van der Waals surface area contributed by atoms with E-state index < -0.39 is 35.2 Å². The fourth-order valence-electron chi connectivity index (χ4n) is 1.11. The first-order chi connectivity index (χ1) is 8.01. The van der Waals surface area contributed by atoms with Crippen molar-refractivity contribution in [1.82, 2.24) is 4.98 Å². The van der Waals surface area contributed by atoms with Gasteiger partial charge in [-0.25, -0.2) is 22.9 Å². The number of alkyl halides is 2. The van der Waals surface area contributed by atoms with E-state index in [1.165, 1.54) is 13.0 Å². The van der Waals surface area contributed by atoms with Gasteiger partial charge >= 0.3 is 5.97 Å². The number of rotatable bonds is 3. The summed E-state index contributed by atoms with van der Waals surface area (Å²) in [4.78, 5) is 14.4. The highest BCUT2D eigenvalue weighted by molar-refractivity contribution is 5.90. The molecular weight excluding hydrogens is 237 g/mol. The minimum absolute atomic E-state index is 0.0352. The molecule has 90 valence electrons. The molecule has 0 radical (unpaired) electrons. The van der Waals surface area contributed by atoms with Gasteiger partial charge in [-0.05, 0) is 13.0 Å². The van der Waals surface area contributed by atoms with E-state index in [4.69, 9.17) is 5.26 Å². The summed E-state index contributed by atoms with van der Waals surface area (Å²) in [6, 6.07) is 2.24. The van der Waals surface area contributed by atoms with Gasteiger partial charge in [-0.3, -0.25) is 0 Å². The lowest BCUT2D eigenvalue weighted by atomic mass is 10.2. The average molecular weight is 244 g/mol. The lowest BCUT2D eigenvalue weighted by Gasteiger charge is -2.07. The standard InChI is InChI=1S/C10H7F3N2O2/c1-2-17-10(16)6-3-5(4-14)15-8(7(6)11)9(12)13/h3,9H,2H2,1H3. The minimum Gasteiger partial charge on any atom is -0.462 e. The maximum Gasteiger partial charge on any atom is 0.341 e. The molecule has 17 heavy (non-hydrogen) atoms. The van der Waals surface area contributed by atoms with E-state index in [-0.39, 0.29) is 6.61 Å². The molecule has 7 heteroatoms. The van der Waals surface area contributed by atoms with Crippen molar-refractivity contribution in [3.05, 3.63) is 28.8 Å². The van der Waals surface area contributed by atoms with Crippen LogP contribution in [0.25, 0.3) is 0 Å². The lowest BCUT2D eigenvalue weighted by Crippen LogP contribution is -2.11. The molecule has 0 atom stereocenters. The van der Waals surface area contributed by atoms with Crippen molar-refractivity contribution in [3.63, 3.8) is 0 Å². The van der Waals surface area contributed by atoms with Crippen LogP contribution < -0.4 is 0 Å². The second kappa shape index (κ2) is 5.30. The maximum absolute atomic E-state index is 13.5. The Morgan fingerprint density at radius 1 is 1.65 bits per heavy atom. The number of halogens is 3. The average Bonchev–Trinajstić information content (AvgIpc) is 2.29. The maximum atomic E-state index is 13.5. The van der Waals surface area contributed by atoms with Gasteiger partial charge in [0, 0.05) is 0 Å². The fraction of sp³-hybridized carbons (Fsp3) is 0.300. The number of carbonyl (C=O) groups excluding carboxylic acids is 1.